The van der Waals surface area contributed by atoms with Crippen LogP contribution in [0, 0.1) is 24.4 Å². The first kappa shape index (κ1) is 19.0. The molecule has 0 radical (unpaired) electrons. The Balaban J connectivity index is 2.50. The van der Waals surface area contributed by atoms with E-state index >= 15 is 0 Å². The van der Waals surface area contributed by atoms with E-state index in [2.05, 4.69) is 0 Å². The van der Waals surface area contributed by atoms with Crippen LogP contribution in [-0.4, -0.2) is 17.1 Å². The summed E-state index contributed by atoms with van der Waals surface area (Å²) < 4.78 is 47.6. The van der Waals surface area contributed by atoms with Crippen molar-refractivity contribution in [3.8, 4) is 5.69 Å². The zero-order chi connectivity index (χ0) is 19.9. The molecule has 0 fully saturated rings. The lowest BCUT2D eigenvalue weighted by atomic mass is 10.1. The van der Waals surface area contributed by atoms with Crippen molar-refractivity contribution < 1.29 is 22.7 Å². The second kappa shape index (κ2) is 7.08. The molecule has 3 aromatic rings. The van der Waals surface area contributed by atoms with Crippen molar-refractivity contribution in [1.82, 2.24) is 4.57 Å². The average molecular weight is 396 g/mol. The second-order valence-corrected chi connectivity index (χ2v) is 6.16. The zero-order valence-electron chi connectivity index (χ0n) is 14.3. The van der Waals surface area contributed by atoms with E-state index in [4.69, 9.17) is 16.3 Å². The minimum atomic E-state index is -1.23. The fourth-order valence-corrected chi connectivity index (χ4v) is 3.10. The molecule has 0 saturated carbocycles. The van der Waals surface area contributed by atoms with E-state index in [9.17, 15) is 22.8 Å². The molecule has 0 unspecified atom stereocenters. The summed E-state index contributed by atoms with van der Waals surface area (Å²) >= 11 is 6.10. The number of ether oxygens (including phenoxy) is 1. The summed E-state index contributed by atoms with van der Waals surface area (Å²) in [5.41, 5.74) is -1.14. The molecule has 0 aliphatic heterocycles. The van der Waals surface area contributed by atoms with Gasteiger partial charge in [-0.1, -0.05) is 11.6 Å². The number of aryl methyl sites for hydroxylation is 1. The van der Waals surface area contributed by atoms with Gasteiger partial charge in [0, 0.05) is 11.8 Å². The van der Waals surface area contributed by atoms with Crippen LogP contribution in [0.15, 0.2) is 35.3 Å². The summed E-state index contributed by atoms with van der Waals surface area (Å²) in [5.74, 6) is -3.89. The monoisotopic (exact) mass is 395 g/mol. The molecule has 4 nitrogen and oxygen atoms in total. The molecule has 0 spiro atoms. The molecule has 0 N–H and O–H groups in total. The number of hydrogen-bond donors (Lipinski definition) is 0. The van der Waals surface area contributed by atoms with E-state index in [-0.39, 0.29) is 39.3 Å². The highest BCUT2D eigenvalue weighted by Gasteiger charge is 2.22. The summed E-state index contributed by atoms with van der Waals surface area (Å²) in [4.78, 5) is 24.9. The van der Waals surface area contributed by atoms with Gasteiger partial charge in [-0.2, -0.15) is 0 Å². The lowest BCUT2D eigenvalue weighted by Gasteiger charge is -2.17. The maximum atomic E-state index is 14.2. The summed E-state index contributed by atoms with van der Waals surface area (Å²) in [5, 5.41) is -0.267. The summed E-state index contributed by atoms with van der Waals surface area (Å²) in [6.07, 6.45) is 1.13. The number of rotatable bonds is 3. The van der Waals surface area contributed by atoms with Gasteiger partial charge in [-0.25, -0.2) is 18.0 Å². The third-order valence-corrected chi connectivity index (χ3v) is 4.38. The molecule has 0 bridgehead atoms. The molecule has 140 valence electrons. The number of pyridine rings is 1. The van der Waals surface area contributed by atoms with E-state index < -0.39 is 28.8 Å². The Morgan fingerprint density at radius 2 is 1.93 bits per heavy atom. The van der Waals surface area contributed by atoms with Crippen molar-refractivity contribution >= 4 is 28.5 Å². The van der Waals surface area contributed by atoms with Gasteiger partial charge in [0.05, 0.1) is 28.2 Å². The van der Waals surface area contributed by atoms with Crippen molar-refractivity contribution in [3.63, 3.8) is 0 Å². The largest absolute Gasteiger partial charge is 0.462 e. The number of aromatic nitrogens is 1. The molecule has 0 saturated heterocycles. The number of fused-ring (bicyclic) bond motifs is 1. The minimum Gasteiger partial charge on any atom is -0.462 e. The second-order valence-electron chi connectivity index (χ2n) is 5.75. The minimum absolute atomic E-state index is 0.0143. The molecule has 0 atom stereocenters. The number of hydrogen-bond acceptors (Lipinski definition) is 3. The number of carbonyl (C=O) groups is 1. The van der Waals surface area contributed by atoms with Crippen LogP contribution in [0.4, 0.5) is 13.2 Å². The molecule has 2 aromatic carbocycles. The molecule has 0 aliphatic carbocycles. The predicted octanol–water partition coefficient (Wildman–Crippen LogP) is 4.55. The van der Waals surface area contributed by atoms with Crippen LogP contribution in [0.25, 0.3) is 16.6 Å². The van der Waals surface area contributed by atoms with Gasteiger partial charge < -0.3 is 9.30 Å². The number of nitrogens with zero attached hydrogens (tertiary/aromatic N) is 1. The molecule has 0 aliphatic rings. The van der Waals surface area contributed by atoms with Crippen LogP contribution < -0.4 is 5.43 Å². The number of carbonyl (C=O) groups excluding carboxylic acids is 1. The highest BCUT2D eigenvalue weighted by atomic mass is 35.5. The Morgan fingerprint density at radius 3 is 2.56 bits per heavy atom. The molecule has 3 rings (SSSR count). The Hall–Kier alpha value is -2.80. The smallest absolute Gasteiger partial charge is 0.343 e. The summed E-state index contributed by atoms with van der Waals surface area (Å²) in [6, 6.07) is 4.17. The quantitative estimate of drug-likeness (QED) is 0.611. The first-order valence-corrected chi connectivity index (χ1v) is 8.30. The Labute approximate surface area is 156 Å². The van der Waals surface area contributed by atoms with Gasteiger partial charge in [-0.15, -0.1) is 0 Å². The van der Waals surface area contributed by atoms with Crippen LogP contribution in [-0.2, 0) is 4.74 Å². The topological polar surface area (TPSA) is 48.3 Å². The molecule has 8 heteroatoms. The number of halogens is 4. The van der Waals surface area contributed by atoms with Crippen LogP contribution in [0.1, 0.15) is 22.8 Å². The van der Waals surface area contributed by atoms with Crippen LogP contribution in [0.5, 0.6) is 0 Å². The van der Waals surface area contributed by atoms with E-state index in [1.54, 1.807) is 6.92 Å². The van der Waals surface area contributed by atoms with Gasteiger partial charge >= 0.3 is 5.97 Å². The van der Waals surface area contributed by atoms with Gasteiger partial charge in [-0.3, -0.25) is 4.79 Å². The van der Waals surface area contributed by atoms with E-state index in [1.807, 2.05) is 0 Å². The normalized spacial score (nSPS) is 11.0. The van der Waals surface area contributed by atoms with Crippen molar-refractivity contribution in [1.29, 1.82) is 0 Å². The van der Waals surface area contributed by atoms with Crippen LogP contribution in [0.3, 0.4) is 0 Å². The third-order valence-electron chi connectivity index (χ3n) is 4.07. The van der Waals surface area contributed by atoms with Gasteiger partial charge in [0.1, 0.15) is 11.4 Å². The average Bonchev–Trinajstić information content (AvgIpc) is 2.61. The highest BCUT2D eigenvalue weighted by Crippen LogP contribution is 2.29. The zero-order valence-corrected chi connectivity index (χ0v) is 15.0. The molecular weight excluding hydrogens is 383 g/mol. The standard InChI is InChI=1S/C19H13ClF3NO3/c1-3-27-19(26)12-8-24(15-5-4-10(21)6-13(15)20)17-9(2)16(23)14(22)7-11(17)18(12)25/h4-8H,3H2,1-2H3. The molecular formula is C19H13ClF3NO3. The maximum absolute atomic E-state index is 14.2. The van der Waals surface area contributed by atoms with Crippen molar-refractivity contribution in [2.45, 2.75) is 13.8 Å². The van der Waals surface area contributed by atoms with Crippen LogP contribution in [0.2, 0.25) is 5.02 Å². The van der Waals surface area contributed by atoms with Crippen LogP contribution >= 0.6 is 11.6 Å². The first-order chi connectivity index (χ1) is 12.8. The SMILES string of the molecule is CCOC(=O)c1cn(-c2ccc(F)cc2Cl)c2c(C)c(F)c(F)cc2c1=O. The van der Waals surface area contributed by atoms with Gasteiger partial charge in [-0.05, 0) is 38.1 Å². The van der Waals surface area contributed by atoms with E-state index in [1.165, 1.54) is 17.6 Å². The maximum Gasteiger partial charge on any atom is 0.343 e. The van der Waals surface area contributed by atoms with Gasteiger partial charge in [0.2, 0.25) is 5.43 Å². The lowest BCUT2D eigenvalue weighted by Crippen LogP contribution is -2.21. The van der Waals surface area contributed by atoms with Crippen molar-refractivity contribution in [3.05, 3.63) is 74.3 Å². The predicted molar refractivity (Wildman–Crippen MR) is 95.1 cm³/mol. The Kier molecular flexibility index (Phi) is 4.97. The first-order valence-electron chi connectivity index (χ1n) is 7.92. The van der Waals surface area contributed by atoms with Crippen molar-refractivity contribution in [2.75, 3.05) is 6.61 Å². The summed E-state index contributed by atoms with van der Waals surface area (Å²) in [6.45, 7) is 2.87. The molecule has 1 aromatic heterocycles. The molecule has 1 heterocycles. The molecule has 27 heavy (non-hydrogen) atoms. The molecule has 0 amide bonds. The van der Waals surface area contributed by atoms with Gasteiger partial charge in [0.25, 0.3) is 0 Å². The van der Waals surface area contributed by atoms with E-state index in [0.29, 0.717) is 0 Å². The Bertz CT molecular complexity index is 1140. The van der Waals surface area contributed by atoms with Crippen molar-refractivity contribution in [2.24, 2.45) is 0 Å². The Morgan fingerprint density at radius 1 is 1.22 bits per heavy atom. The fraction of sp³-hybridized carbons (Fsp3) is 0.158. The van der Waals surface area contributed by atoms with Gasteiger partial charge in [0.15, 0.2) is 11.6 Å². The lowest BCUT2D eigenvalue weighted by molar-refractivity contribution is 0.0524. The number of esters is 1. The summed E-state index contributed by atoms with van der Waals surface area (Å²) in [7, 11) is 0. The highest BCUT2D eigenvalue weighted by molar-refractivity contribution is 6.32. The van der Waals surface area contributed by atoms with E-state index in [0.717, 1.165) is 24.4 Å². The fourth-order valence-electron chi connectivity index (χ4n) is 2.85. The third kappa shape index (κ3) is 3.19. The number of benzene rings is 2.